The van der Waals surface area contributed by atoms with Gasteiger partial charge in [-0.25, -0.2) is 8.42 Å². The highest BCUT2D eigenvalue weighted by Gasteiger charge is 2.31. The standard InChI is InChI=1S/C23H28F3N3O3S/c1-18-8-10-20(11-9-18)29(33(2,31)32)12-4-7-22(30)28-15-13-27(14-16-28)21-6-3-5-19(17-21)23(24,25)26/h3,5-6,8-11,17H,4,7,12-16H2,1-2H3. The second-order valence-electron chi connectivity index (χ2n) is 8.19. The summed E-state index contributed by atoms with van der Waals surface area (Å²) in [5, 5.41) is 0. The van der Waals surface area contributed by atoms with Crippen molar-refractivity contribution in [2.45, 2.75) is 25.9 Å². The number of carbonyl (C=O) groups is 1. The number of hydrogen-bond donors (Lipinski definition) is 0. The summed E-state index contributed by atoms with van der Waals surface area (Å²) in [4.78, 5) is 16.1. The van der Waals surface area contributed by atoms with Crippen LogP contribution in [0.5, 0.6) is 0 Å². The zero-order valence-corrected chi connectivity index (χ0v) is 19.5. The summed E-state index contributed by atoms with van der Waals surface area (Å²) in [7, 11) is -3.48. The van der Waals surface area contributed by atoms with Gasteiger partial charge in [0.2, 0.25) is 15.9 Å². The largest absolute Gasteiger partial charge is 0.416 e. The molecule has 0 aromatic heterocycles. The van der Waals surface area contributed by atoms with Gasteiger partial charge in [-0.2, -0.15) is 13.2 Å². The van der Waals surface area contributed by atoms with E-state index in [9.17, 15) is 26.4 Å². The number of amides is 1. The number of nitrogens with zero attached hydrogens (tertiary/aromatic N) is 3. The highest BCUT2D eigenvalue weighted by molar-refractivity contribution is 7.92. The number of piperazine rings is 1. The van der Waals surface area contributed by atoms with E-state index in [0.717, 1.165) is 24.0 Å². The lowest BCUT2D eigenvalue weighted by molar-refractivity contribution is -0.137. The van der Waals surface area contributed by atoms with Crippen LogP contribution in [-0.2, 0) is 21.0 Å². The number of rotatable bonds is 7. The van der Waals surface area contributed by atoms with Gasteiger partial charge in [-0.3, -0.25) is 9.10 Å². The zero-order valence-electron chi connectivity index (χ0n) is 18.7. The van der Waals surface area contributed by atoms with Crippen LogP contribution in [-0.4, -0.2) is 58.2 Å². The Labute approximate surface area is 192 Å². The molecule has 0 radical (unpaired) electrons. The van der Waals surface area contributed by atoms with Crippen molar-refractivity contribution in [2.75, 3.05) is 48.2 Å². The lowest BCUT2D eigenvalue weighted by Gasteiger charge is -2.36. The second kappa shape index (κ2) is 10.0. The number of aryl methyl sites for hydroxylation is 1. The van der Waals surface area contributed by atoms with Crippen LogP contribution in [0.25, 0.3) is 0 Å². The molecule has 0 aliphatic carbocycles. The normalized spacial score (nSPS) is 14.9. The Kier molecular flexibility index (Phi) is 7.56. The van der Waals surface area contributed by atoms with Gasteiger partial charge in [-0.15, -0.1) is 0 Å². The lowest BCUT2D eigenvalue weighted by atomic mass is 10.1. The first-order valence-electron chi connectivity index (χ1n) is 10.7. The summed E-state index contributed by atoms with van der Waals surface area (Å²) >= 11 is 0. The van der Waals surface area contributed by atoms with Gasteiger partial charge in [-0.1, -0.05) is 23.8 Å². The van der Waals surface area contributed by atoms with Crippen molar-refractivity contribution in [2.24, 2.45) is 0 Å². The van der Waals surface area contributed by atoms with E-state index in [1.54, 1.807) is 23.1 Å². The predicted octanol–water partition coefficient (Wildman–Crippen LogP) is 3.91. The molecule has 0 saturated carbocycles. The second-order valence-corrected chi connectivity index (χ2v) is 10.1. The van der Waals surface area contributed by atoms with Gasteiger partial charge < -0.3 is 9.80 Å². The van der Waals surface area contributed by atoms with Crippen molar-refractivity contribution in [3.8, 4) is 0 Å². The van der Waals surface area contributed by atoms with E-state index in [-0.39, 0.29) is 18.9 Å². The summed E-state index contributed by atoms with van der Waals surface area (Å²) in [6, 6.07) is 12.3. The summed E-state index contributed by atoms with van der Waals surface area (Å²) in [6.45, 7) is 3.79. The van der Waals surface area contributed by atoms with Crippen LogP contribution in [0.2, 0.25) is 0 Å². The molecule has 1 fully saturated rings. The molecule has 180 valence electrons. The molecule has 0 N–H and O–H groups in total. The van der Waals surface area contributed by atoms with E-state index in [4.69, 9.17) is 0 Å². The van der Waals surface area contributed by atoms with E-state index in [1.807, 2.05) is 24.0 Å². The maximum absolute atomic E-state index is 13.0. The molecule has 1 heterocycles. The van der Waals surface area contributed by atoms with Crippen molar-refractivity contribution in [3.05, 3.63) is 59.7 Å². The maximum atomic E-state index is 13.0. The number of halogens is 3. The Morgan fingerprint density at radius 3 is 2.24 bits per heavy atom. The van der Waals surface area contributed by atoms with Crippen molar-refractivity contribution < 1.29 is 26.4 Å². The number of sulfonamides is 1. The number of anilines is 2. The van der Waals surface area contributed by atoms with Crippen molar-refractivity contribution in [3.63, 3.8) is 0 Å². The molecule has 6 nitrogen and oxygen atoms in total. The van der Waals surface area contributed by atoms with Gasteiger partial charge >= 0.3 is 6.18 Å². The maximum Gasteiger partial charge on any atom is 0.416 e. The Hall–Kier alpha value is -2.75. The third-order valence-electron chi connectivity index (χ3n) is 5.65. The average molecular weight is 484 g/mol. The van der Waals surface area contributed by atoms with Gasteiger partial charge in [0.15, 0.2) is 0 Å². The molecule has 2 aromatic carbocycles. The topological polar surface area (TPSA) is 60.9 Å². The molecule has 33 heavy (non-hydrogen) atoms. The van der Waals surface area contributed by atoms with Crippen molar-refractivity contribution in [1.82, 2.24) is 4.90 Å². The first kappa shape index (κ1) is 24.9. The van der Waals surface area contributed by atoms with Crippen LogP contribution in [0.1, 0.15) is 24.0 Å². The quantitative estimate of drug-likeness (QED) is 0.599. The fourth-order valence-corrected chi connectivity index (χ4v) is 4.79. The fraction of sp³-hybridized carbons (Fsp3) is 0.435. The molecule has 3 rings (SSSR count). The van der Waals surface area contributed by atoms with Crippen LogP contribution in [0.4, 0.5) is 24.5 Å². The molecule has 1 saturated heterocycles. The molecule has 0 spiro atoms. The Bertz CT molecular complexity index is 1060. The van der Waals surface area contributed by atoms with Crippen LogP contribution in [0.15, 0.2) is 48.5 Å². The fourth-order valence-electron chi connectivity index (χ4n) is 3.82. The van der Waals surface area contributed by atoms with E-state index in [1.165, 1.54) is 10.4 Å². The van der Waals surface area contributed by atoms with E-state index < -0.39 is 21.8 Å². The molecule has 2 aromatic rings. The SMILES string of the molecule is Cc1ccc(N(CCCC(=O)N2CCN(c3cccc(C(F)(F)F)c3)CC2)S(C)(=O)=O)cc1. The summed E-state index contributed by atoms with van der Waals surface area (Å²) in [6.07, 6.45) is -2.69. The molecular weight excluding hydrogens is 455 g/mol. The van der Waals surface area contributed by atoms with Gasteiger partial charge in [0.1, 0.15) is 0 Å². The summed E-state index contributed by atoms with van der Waals surface area (Å²) in [5.41, 5.74) is 1.37. The van der Waals surface area contributed by atoms with E-state index >= 15 is 0 Å². The van der Waals surface area contributed by atoms with Gasteiger partial charge in [0.25, 0.3) is 0 Å². The third-order valence-corrected chi connectivity index (χ3v) is 6.84. The molecule has 0 atom stereocenters. The number of hydrogen-bond acceptors (Lipinski definition) is 4. The lowest BCUT2D eigenvalue weighted by Crippen LogP contribution is -2.49. The van der Waals surface area contributed by atoms with Crippen LogP contribution in [0.3, 0.4) is 0 Å². The van der Waals surface area contributed by atoms with Crippen molar-refractivity contribution >= 4 is 27.3 Å². The monoisotopic (exact) mass is 483 g/mol. The summed E-state index contributed by atoms with van der Waals surface area (Å²) in [5.74, 6) is -0.0870. The molecule has 1 amide bonds. The van der Waals surface area contributed by atoms with E-state index in [0.29, 0.717) is 44.0 Å². The van der Waals surface area contributed by atoms with Crippen molar-refractivity contribution in [1.29, 1.82) is 0 Å². The van der Waals surface area contributed by atoms with Crippen LogP contribution < -0.4 is 9.21 Å². The Morgan fingerprint density at radius 2 is 1.67 bits per heavy atom. The van der Waals surface area contributed by atoms with Gasteiger partial charge in [0, 0.05) is 44.8 Å². The third kappa shape index (κ3) is 6.63. The first-order chi connectivity index (χ1) is 15.4. The smallest absolute Gasteiger partial charge is 0.368 e. The molecule has 1 aliphatic rings. The number of carbonyl (C=O) groups excluding carboxylic acids is 1. The predicted molar refractivity (Wildman–Crippen MR) is 123 cm³/mol. The Morgan fingerprint density at radius 1 is 1.03 bits per heavy atom. The number of alkyl halides is 3. The Balaban J connectivity index is 1.52. The minimum Gasteiger partial charge on any atom is -0.368 e. The highest BCUT2D eigenvalue weighted by Crippen LogP contribution is 2.32. The zero-order chi connectivity index (χ0) is 24.2. The van der Waals surface area contributed by atoms with E-state index in [2.05, 4.69) is 0 Å². The molecule has 1 aliphatic heterocycles. The van der Waals surface area contributed by atoms with Gasteiger partial charge in [-0.05, 0) is 43.7 Å². The average Bonchev–Trinajstić information content (AvgIpc) is 2.76. The number of benzene rings is 2. The van der Waals surface area contributed by atoms with Crippen LogP contribution in [0, 0.1) is 6.92 Å². The highest BCUT2D eigenvalue weighted by atomic mass is 32.2. The molecule has 10 heteroatoms. The summed E-state index contributed by atoms with van der Waals surface area (Å²) < 4.78 is 64.6. The minimum atomic E-state index is -4.40. The molecule has 0 bridgehead atoms. The van der Waals surface area contributed by atoms with Crippen LogP contribution >= 0.6 is 0 Å². The molecular formula is C23H28F3N3O3S. The first-order valence-corrected chi connectivity index (χ1v) is 12.5. The van der Waals surface area contributed by atoms with Gasteiger partial charge in [0.05, 0.1) is 17.5 Å². The minimum absolute atomic E-state index is 0.0870. The molecule has 0 unspecified atom stereocenters.